The summed E-state index contributed by atoms with van der Waals surface area (Å²) in [7, 11) is 0. The van der Waals surface area contributed by atoms with E-state index in [1.165, 1.54) is 17.8 Å². The van der Waals surface area contributed by atoms with E-state index in [2.05, 4.69) is 26.0 Å². The molecule has 0 spiro atoms. The molecule has 0 aliphatic rings. The van der Waals surface area contributed by atoms with E-state index < -0.39 is 11.9 Å². The first-order valence-electron chi connectivity index (χ1n) is 9.27. The molecule has 0 saturated heterocycles. The van der Waals surface area contributed by atoms with Gasteiger partial charge in [-0.05, 0) is 60.2 Å². The number of aromatic nitrogens is 4. The van der Waals surface area contributed by atoms with E-state index in [4.69, 9.17) is 0 Å². The molecule has 29 heavy (non-hydrogen) atoms. The van der Waals surface area contributed by atoms with Crippen molar-refractivity contribution in [3.05, 3.63) is 88.8 Å². The lowest BCUT2D eigenvalue weighted by Crippen LogP contribution is -2.07. The quantitative estimate of drug-likeness (QED) is 0.513. The molecule has 0 radical (unpaired) electrons. The number of aryl methyl sites for hydroxylation is 3. The van der Waals surface area contributed by atoms with Crippen molar-refractivity contribution in [2.75, 3.05) is 0 Å². The van der Waals surface area contributed by atoms with Crippen LogP contribution < -0.4 is 0 Å². The van der Waals surface area contributed by atoms with Gasteiger partial charge < -0.3 is 4.98 Å². The second kappa shape index (κ2) is 7.66. The maximum atomic E-state index is 12.6. The lowest BCUT2D eigenvalue weighted by molar-refractivity contribution is -0.141. The maximum Gasteiger partial charge on any atom is 0.433 e. The zero-order valence-electron chi connectivity index (χ0n) is 15.8. The van der Waals surface area contributed by atoms with Gasteiger partial charge in [0.2, 0.25) is 0 Å². The lowest BCUT2D eigenvalue weighted by Gasteiger charge is -2.07. The van der Waals surface area contributed by atoms with Gasteiger partial charge in [0.1, 0.15) is 11.3 Å². The highest BCUT2D eigenvalue weighted by Gasteiger charge is 2.31. The molecule has 0 atom stereocenters. The van der Waals surface area contributed by atoms with Crippen LogP contribution in [0.3, 0.4) is 0 Å². The number of hydrogen-bond acceptors (Lipinski definition) is 3. The van der Waals surface area contributed by atoms with Crippen molar-refractivity contribution in [1.29, 1.82) is 0 Å². The van der Waals surface area contributed by atoms with Crippen molar-refractivity contribution in [2.24, 2.45) is 0 Å². The van der Waals surface area contributed by atoms with Crippen molar-refractivity contribution in [3.63, 3.8) is 0 Å². The van der Waals surface area contributed by atoms with Gasteiger partial charge in [0.25, 0.3) is 0 Å². The van der Waals surface area contributed by atoms with Gasteiger partial charge in [-0.25, -0.2) is 4.98 Å². The Balaban J connectivity index is 1.39. The molecule has 4 nitrogen and oxygen atoms in total. The van der Waals surface area contributed by atoms with Crippen molar-refractivity contribution in [2.45, 2.75) is 32.4 Å². The molecule has 7 heteroatoms. The van der Waals surface area contributed by atoms with Gasteiger partial charge in [-0.1, -0.05) is 12.1 Å². The summed E-state index contributed by atoms with van der Waals surface area (Å²) in [4.78, 5) is 15.6. The molecule has 0 amide bonds. The smallest absolute Gasteiger partial charge is 0.346 e. The second-order valence-corrected chi connectivity index (χ2v) is 7.11. The Morgan fingerprint density at radius 3 is 2.38 bits per heavy atom. The molecule has 4 aromatic rings. The second-order valence-electron chi connectivity index (χ2n) is 7.11. The molecule has 1 N–H and O–H groups in total. The lowest BCUT2D eigenvalue weighted by atomic mass is 10.0. The van der Waals surface area contributed by atoms with E-state index in [0.717, 1.165) is 45.9 Å². The Kier molecular flexibility index (Phi) is 5.05. The van der Waals surface area contributed by atoms with E-state index in [1.54, 1.807) is 0 Å². The standard InChI is InChI=1S/C22H19F3N4/c1-14-8-19-17(13-29-21(19)28-10-14)9-16-3-6-18(26-12-16)5-2-15-4-7-20(27-11-15)22(23,24)25/h3-4,6-8,10-13H,2,5,9H2,1H3,(H,28,29). The predicted octanol–water partition coefficient (Wildman–Crippen LogP) is 5.06. The summed E-state index contributed by atoms with van der Waals surface area (Å²) >= 11 is 0. The van der Waals surface area contributed by atoms with Crippen molar-refractivity contribution in [1.82, 2.24) is 19.9 Å². The summed E-state index contributed by atoms with van der Waals surface area (Å²) in [5, 5.41) is 1.11. The Morgan fingerprint density at radius 1 is 0.897 bits per heavy atom. The minimum absolute atomic E-state index is 0.588. The van der Waals surface area contributed by atoms with Crippen LogP contribution in [0.2, 0.25) is 0 Å². The zero-order valence-corrected chi connectivity index (χ0v) is 15.8. The molecule has 0 fully saturated rings. The summed E-state index contributed by atoms with van der Waals surface area (Å²) in [6.45, 7) is 2.02. The molecule has 0 aliphatic carbocycles. The highest BCUT2D eigenvalue weighted by Crippen LogP contribution is 2.27. The van der Waals surface area contributed by atoms with Crippen LogP contribution in [0.1, 0.15) is 33.6 Å². The van der Waals surface area contributed by atoms with Gasteiger partial charge >= 0.3 is 6.18 Å². The number of rotatable bonds is 5. The SMILES string of the molecule is Cc1cnc2[nH]cc(Cc3ccc(CCc4ccc(C(F)(F)F)nc4)nc3)c2c1. The van der Waals surface area contributed by atoms with Gasteiger partial charge in [-0.2, -0.15) is 13.2 Å². The Bertz CT molecular complexity index is 1110. The fraction of sp³-hybridized carbons (Fsp3) is 0.227. The number of halogens is 3. The molecule has 0 aliphatic heterocycles. The molecule has 0 saturated carbocycles. The van der Waals surface area contributed by atoms with Crippen LogP contribution in [0.25, 0.3) is 11.0 Å². The predicted molar refractivity (Wildman–Crippen MR) is 105 cm³/mol. The summed E-state index contributed by atoms with van der Waals surface area (Å²) < 4.78 is 37.7. The Morgan fingerprint density at radius 2 is 1.69 bits per heavy atom. The first kappa shape index (κ1) is 19.1. The molecular formula is C22H19F3N4. The number of aromatic amines is 1. The van der Waals surface area contributed by atoms with Crippen LogP contribution in [0.5, 0.6) is 0 Å². The van der Waals surface area contributed by atoms with Crippen LogP contribution in [-0.2, 0) is 25.4 Å². The van der Waals surface area contributed by atoms with Crippen LogP contribution in [0.4, 0.5) is 13.2 Å². The van der Waals surface area contributed by atoms with Crippen LogP contribution in [0.15, 0.2) is 55.1 Å². The van der Waals surface area contributed by atoms with E-state index in [-0.39, 0.29) is 0 Å². The number of nitrogens with zero attached hydrogens (tertiary/aromatic N) is 3. The molecule has 0 bridgehead atoms. The minimum Gasteiger partial charge on any atom is -0.346 e. The van der Waals surface area contributed by atoms with Crippen molar-refractivity contribution < 1.29 is 13.2 Å². The van der Waals surface area contributed by atoms with Gasteiger partial charge in [0.15, 0.2) is 0 Å². The first-order valence-corrected chi connectivity index (χ1v) is 9.27. The Hall–Kier alpha value is -3.22. The van der Waals surface area contributed by atoms with Gasteiger partial charge in [0, 0.05) is 42.3 Å². The van der Waals surface area contributed by atoms with Crippen LogP contribution in [0, 0.1) is 6.92 Å². The van der Waals surface area contributed by atoms with Crippen LogP contribution in [-0.4, -0.2) is 19.9 Å². The number of hydrogen-bond donors (Lipinski definition) is 1. The molecule has 0 unspecified atom stereocenters. The molecule has 148 valence electrons. The number of nitrogens with one attached hydrogen (secondary N) is 1. The topological polar surface area (TPSA) is 54.5 Å². The summed E-state index contributed by atoms with van der Waals surface area (Å²) in [5.41, 5.74) is 5.03. The fourth-order valence-corrected chi connectivity index (χ4v) is 3.25. The number of alkyl halides is 3. The highest BCUT2D eigenvalue weighted by atomic mass is 19.4. The zero-order chi connectivity index (χ0) is 20.4. The molecule has 4 aromatic heterocycles. The number of H-pyrrole nitrogens is 1. The normalized spacial score (nSPS) is 11.9. The number of fused-ring (bicyclic) bond motifs is 1. The minimum atomic E-state index is -4.41. The first-order chi connectivity index (χ1) is 13.9. The van der Waals surface area contributed by atoms with Gasteiger partial charge in [-0.15, -0.1) is 0 Å². The average molecular weight is 396 g/mol. The molecule has 4 heterocycles. The maximum absolute atomic E-state index is 12.6. The summed E-state index contributed by atoms with van der Waals surface area (Å²) in [6.07, 6.45) is 4.52. The number of pyridine rings is 3. The van der Waals surface area contributed by atoms with E-state index in [0.29, 0.717) is 12.8 Å². The fourth-order valence-electron chi connectivity index (χ4n) is 3.25. The van der Waals surface area contributed by atoms with Gasteiger partial charge in [0.05, 0.1) is 0 Å². The molecule has 4 rings (SSSR count). The van der Waals surface area contributed by atoms with E-state index in [1.807, 2.05) is 37.6 Å². The third-order valence-electron chi connectivity index (χ3n) is 4.82. The van der Waals surface area contributed by atoms with Crippen LogP contribution >= 0.6 is 0 Å². The average Bonchev–Trinajstić information content (AvgIpc) is 3.09. The molecule has 0 aromatic carbocycles. The van der Waals surface area contributed by atoms with E-state index >= 15 is 0 Å². The highest BCUT2D eigenvalue weighted by molar-refractivity contribution is 5.80. The summed E-state index contributed by atoms with van der Waals surface area (Å²) in [6, 6.07) is 8.61. The van der Waals surface area contributed by atoms with Crippen molar-refractivity contribution in [3.8, 4) is 0 Å². The van der Waals surface area contributed by atoms with E-state index in [9.17, 15) is 13.2 Å². The Labute approximate surface area is 165 Å². The molecular weight excluding hydrogens is 377 g/mol. The largest absolute Gasteiger partial charge is 0.433 e. The third kappa shape index (κ3) is 4.45. The van der Waals surface area contributed by atoms with Crippen molar-refractivity contribution >= 4 is 11.0 Å². The monoisotopic (exact) mass is 396 g/mol. The third-order valence-corrected chi connectivity index (χ3v) is 4.82. The summed E-state index contributed by atoms with van der Waals surface area (Å²) in [5.74, 6) is 0. The van der Waals surface area contributed by atoms with Gasteiger partial charge in [-0.3, -0.25) is 9.97 Å².